The Morgan fingerprint density at radius 3 is 2.50 bits per heavy atom. The van der Waals surface area contributed by atoms with Crippen LogP contribution in [0, 0.1) is 5.92 Å². The average Bonchev–Trinajstić information content (AvgIpc) is 2.67. The van der Waals surface area contributed by atoms with Crippen molar-refractivity contribution in [2.24, 2.45) is 5.92 Å². The first kappa shape index (κ1) is 18.5. The molecule has 0 radical (unpaired) electrons. The number of benzene rings is 3. The minimum absolute atomic E-state index is 0.220. The van der Waals surface area contributed by atoms with Gasteiger partial charge in [-0.1, -0.05) is 54.4 Å². The summed E-state index contributed by atoms with van der Waals surface area (Å²) in [7, 11) is 0. The maximum atomic E-state index is 12.9. The van der Waals surface area contributed by atoms with Crippen molar-refractivity contribution in [3.05, 3.63) is 76.8 Å². The smallest absolute Gasteiger partial charge is 0.256 e. The second-order valence-electron chi connectivity index (χ2n) is 7.18. The third-order valence-corrected chi connectivity index (χ3v) is 5.52. The number of carbonyl (C=O) groups is 2. The van der Waals surface area contributed by atoms with Crippen LogP contribution in [0.15, 0.2) is 60.7 Å². The lowest BCUT2D eigenvalue weighted by molar-refractivity contribution is 0.0940. The zero-order valence-electron chi connectivity index (χ0n) is 15.4. The number of nitrogens with one attached hydrogen (secondary N) is 2. The van der Waals surface area contributed by atoms with Gasteiger partial charge in [-0.25, -0.2) is 0 Å². The Balaban J connectivity index is 1.58. The van der Waals surface area contributed by atoms with Crippen molar-refractivity contribution in [2.75, 3.05) is 11.9 Å². The summed E-state index contributed by atoms with van der Waals surface area (Å²) in [6, 6.07) is 18.3. The van der Waals surface area contributed by atoms with E-state index in [0.717, 1.165) is 23.6 Å². The van der Waals surface area contributed by atoms with Crippen LogP contribution in [0.1, 0.15) is 40.0 Å². The molecule has 0 bridgehead atoms. The van der Waals surface area contributed by atoms with E-state index < -0.39 is 0 Å². The van der Waals surface area contributed by atoms with E-state index in [1.54, 1.807) is 24.3 Å². The SMILES string of the molecule is O=C(NCC1CCC1)c1cc(Cl)ccc1NC(=O)c1cccc2ccccc12. The van der Waals surface area contributed by atoms with Crippen molar-refractivity contribution in [3.8, 4) is 0 Å². The molecule has 2 N–H and O–H groups in total. The zero-order chi connectivity index (χ0) is 19.5. The average molecular weight is 393 g/mol. The molecular weight excluding hydrogens is 372 g/mol. The molecule has 1 aliphatic rings. The van der Waals surface area contributed by atoms with Crippen LogP contribution in [0.4, 0.5) is 5.69 Å². The van der Waals surface area contributed by atoms with Gasteiger partial charge in [0.25, 0.3) is 11.8 Å². The number of rotatable bonds is 5. The fourth-order valence-corrected chi connectivity index (χ4v) is 3.63. The normalized spacial score (nSPS) is 13.8. The minimum atomic E-state index is -0.257. The number of fused-ring (bicyclic) bond motifs is 1. The van der Waals surface area contributed by atoms with Gasteiger partial charge in [-0.05, 0) is 53.8 Å². The predicted molar refractivity (Wildman–Crippen MR) is 113 cm³/mol. The van der Waals surface area contributed by atoms with Gasteiger partial charge in [-0.15, -0.1) is 0 Å². The Hall–Kier alpha value is -2.85. The van der Waals surface area contributed by atoms with Gasteiger partial charge in [-0.2, -0.15) is 0 Å². The molecule has 0 aromatic heterocycles. The number of carbonyl (C=O) groups excluding carboxylic acids is 2. The molecule has 3 aromatic rings. The van der Waals surface area contributed by atoms with Gasteiger partial charge in [0.05, 0.1) is 11.3 Å². The molecule has 0 aliphatic heterocycles. The lowest BCUT2D eigenvalue weighted by Crippen LogP contribution is -2.32. The second-order valence-corrected chi connectivity index (χ2v) is 7.61. The minimum Gasteiger partial charge on any atom is -0.352 e. The van der Waals surface area contributed by atoms with Crippen LogP contribution < -0.4 is 10.6 Å². The topological polar surface area (TPSA) is 58.2 Å². The van der Waals surface area contributed by atoms with Gasteiger partial charge in [0.15, 0.2) is 0 Å². The third kappa shape index (κ3) is 3.87. The number of amides is 2. The molecule has 0 atom stereocenters. The highest BCUT2D eigenvalue weighted by molar-refractivity contribution is 6.31. The van der Waals surface area contributed by atoms with Crippen LogP contribution in [0.5, 0.6) is 0 Å². The fourth-order valence-electron chi connectivity index (χ4n) is 3.46. The first-order valence-corrected chi connectivity index (χ1v) is 9.86. The molecule has 28 heavy (non-hydrogen) atoms. The van der Waals surface area contributed by atoms with Crippen molar-refractivity contribution in [1.82, 2.24) is 5.32 Å². The highest BCUT2D eigenvalue weighted by Crippen LogP contribution is 2.26. The summed E-state index contributed by atoms with van der Waals surface area (Å²) >= 11 is 6.10. The van der Waals surface area contributed by atoms with E-state index in [-0.39, 0.29) is 11.8 Å². The summed E-state index contributed by atoms with van der Waals surface area (Å²) in [5.41, 5.74) is 1.39. The largest absolute Gasteiger partial charge is 0.352 e. The monoisotopic (exact) mass is 392 g/mol. The highest BCUT2D eigenvalue weighted by Gasteiger charge is 2.20. The predicted octanol–water partition coefficient (Wildman–Crippen LogP) is 5.28. The number of halogens is 1. The van der Waals surface area contributed by atoms with Gasteiger partial charge in [0.2, 0.25) is 0 Å². The Morgan fingerprint density at radius 1 is 0.929 bits per heavy atom. The lowest BCUT2D eigenvalue weighted by Gasteiger charge is -2.25. The maximum Gasteiger partial charge on any atom is 0.256 e. The Bertz CT molecular complexity index is 1040. The quantitative estimate of drug-likeness (QED) is 0.621. The molecule has 0 saturated heterocycles. The molecule has 142 valence electrons. The summed E-state index contributed by atoms with van der Waals surface area (Å²) in [5.74, 6) is 0.0756. The van der Waals surface area contributed by atoms with E-state index >= 15 is 0 Å². The van der Waals surface area contributed by atoms with Crippen molar-refractivity contribution >= 4 is 39.9 Å². The van der Waals surface area contributed by atoms with Crippen LogP contribution >= 0.6 is 11.6 Å². The molecule has 4 rings (SSSR count). The molecule has 1 saturated carbocycles. The molecule has 4 nitrogen and oxygen atoms in total. The number of hydrogen-bond acceptors (Lipinski definition) is 2. The highest BCUT2D eigenvalue weighted by atomic mass is 35.5. The van der Waals surface area contributed by atoms with E-state index in [1.165, 1.54) is 6.42 Å². The van der Waals surface area contributed by atoms with Crippen LogP contribution in [0.3, 0.4) is 0 Å². The molecule has 2 amide bonds. The Morgan fingerprint density at radius 2 is 1.71 bits per heavy atom. The number of hydrogen-bond donors (Lipinski definition) is 2. The molecule has 1 fully saturated rings. The molecular formula is C23H21ClN2O2. The van der Waals surface area contributed by atoms with Crippen LogP contribution in [-0.4, -0.2) is 18.4 Å². The molecule has 0 unspecified atom stereocenters. The summed E-state index contributed by atoms with van der Waals surface area (Å²) < 4.78 is 0. The van der Waals surface area contributed by atoms with E-state index in [9.17, 15) is 9.59 Å². The van der Waals surface area contributed by atoms with E-state index in [0.29, 0.717) is 34.3 Å². The Labute approximate surface area is 168 Å². The summed E-state index contributed by atoms with van der Waals surface area (Å²) in [5, 5.41) is 8.16. The van der Waals surface area contributed by atoms with Crippen molar-refractivity contribution in [2.45, 2.75) is 19.3 Å². The van der Waals surface area contributed by atoms with Crippen molar-refractivity contribution in [1.29, 1.82) is 0 Å². The van der Waals surface area contributed by atoms with Crippen LogP contribution in [-0.2, 0) is 0 Å². The molecule has 0 spiro atoms. The molecule has 0 heterocycles. The molecule has 1 aliphatic carbocycles. The van der Waals surface area contributed by atoms with Crippen LogP contribution in [0.2, 0.25) is 5.02 Å². The van der Waals surface area contributed by atoms with Crippen LogP contribution in [0.25, 0.3) is 10.8 Å². The van der Waals surface area contributed by atoms with Gasteiger partial charge >= 0.3 is 0 Å². The second kappa shape index (κ2) is 8.03. The molecule has 3 aromatic carbocycles. The third-order valence-electron chi connectivity index (χ3n) is 5.28. The first-order valence-electron chi connectivity index (χ1n) is 9.48. The van der Waals surface area contributed by atoms with Gasteiger partial charge in [-0.3, -0.25) is 9.59 Å². The van der Waals surface area contributed by atoms with E-state index in [4.69, 9.17) is 11.6 Å². The standard InChI is InChI=1S/C23H21ClN2O2/c24-17-11-12-21(20(13-17)22(27)25-14-15-5-3-6-15)26-23(28)19-10-4-8-16-7-1-2-9-18(16)19/h1-2,4,7-13,15H,3,5-6,14H2,(H,25,27)(H,26,28). The Kier molecular flexibility index (Phi) is 5.31. The fraction of sp³-hybridized carbons (Fsp3) is 0.217. The van der Waals surface area contributed by atoms with Crippen molar-refractivity contribution < 1.29 is 9.59 Å². The van der Waals surface area contributed by atoms with E-state index in [1.807, 2.05) is 36.4 Å². The maximum absolute atomic E-state index is 12.9. The molecule has 5 heteroatoms. The van der Waals surface area contributed by atoms with Gasteiger partial charge < -0.3 is 10.6 Å². The summed E-state index contributed by atoms with van der Waals surface area (Å²) in [6.45, 7) is 0.655. The first-order chi connectivity index (χ1) is 13.6. The summed E-state index contributed by atoms with van der Waals surface area (Å²) in [4.78, 5) is 25.6. The van der Waals surface area contributed by atoms with Crippen molar-refractivity contribution in [3.63, 3.8) is 0 Å². The number of anilines is 1. The van der Waals surface area contributed by atoms with Gasteiger partial charge in [0, 0.05) is 17.1 Å². The van der Waals surface area contributed by atoms with E-state index in [2.05, 4.69) is 10.6 Å². The zero-order valence-corrected chi connectivity index (χ0v) is 16.1. The lowest BCUT2D eigenvalue weighted by atomic mass is 9.85. The summed E-state index contributed by atoms with van der Waals surface area (Å²) in [6.07, 6.45) is 3.53. The van der Waals surface area contributed by atoms with Gasteiger partial charge in [0.1, 0.15) is 0 Å².